The van der Waals surface area contributed by atoms with Gasteiger partial charge in [0.05, 0.1) is 20.3 Å². The van der Waals surface area contributed by atoms with Gasteiger partial charge in [0.1, 0.15) is 0 Å². The van der Waals surface area contributed by atoms with E-state index in [1.807, 2.05) is 26.0 Å². The number of nitrogens with zero attached hydrogens (tertiary/aromatic N) is 3. The third-order valence-corrected chi connectivity index (χ3v) is 4.13. The Balaban J connectivity index is 1.88. The molecule has 1 fully saturated rings. The second-order valence-electron chi connectivity index (χ2n) is 6.01. The molecule has 1 aromatic rings. The predicted octanol–water partition coefficient (Wildman–Crippen LogP) is 1.77. The summed E-state index contributed by atoms with van der Waals surface area (Å²) in [7, 11) is 1.60. The molecule has 1 amide bonds. The molecule has 1 aliphatic heterocycles. The number of methoxy groups -OCH3 is 1. The summed E-state index contributed by atoms with van der Waals surface area (Å²) in [5, 5.41) is 6.73. The Kier molecular flexibility index (Phi) is 7.98. The predicted molar refractivity (Wildman–Crippen MR) is 100 cm³/mol. The smallest absolute Gasteiger partial charge is 0.409 e. The maximum Gasteiger partial charge on any atom is 0.409 e. The average molecular weight is 363 g/mol. The molecule has 0 spiro atoms. The van der Waals surface area contributed by atoms with E-state index in [4.69, 9.17) is 9.47 Å². The van der Waals surface area contributed by atoms with Crippen molar-refractivity contribution in [3.8, 4) is 5.88 Å². The number of likely N-dealkylation sites (tertiary alicyclic amines) is 1. The van der Waals surface area contributed by atoms with Gasteiger partial charge in [-0.25, -0.2) is 14.8 Å². The van der Waals surface area contributed by atoms with E-state index in [1.54, 1.807) is 18.2 Å². The molecule has 1 aliphatic rings. The molecular weight excluding hydrogens is 334 g/mol. The number of guanidine groups is 1. The summed E-state index contributed by atoms with van der Waals surface area (Å²) in [6.07, 6.45) is 3.23. The standard InChI is InChI=1S/C18H29N5O3/c1-4-19-17(21-13-14-6-9-20-16(12-14)25-3)22-15-7-10-23(11-8-15)18(24)26-5-2/h6,9,12,15H,4-5,7-8,10-11,13H2,1-3H3,(H2,19,21,22). The Hall–Kier alpha value is -2.51. The Morgan fingerprint density at radius 2 is 2.15 bits per heavy atom. The first-order valence-corrected chi connectivity index (χ1v) is 9.11. The van der Waals surface area contributed by atoms with Gasteiger partial charge < -0.3 is 25.0 Å². The van der Waals surface area contributed by atoms with Gasteiger partial charge in [0.2, 0.25) is 5.88 Å². The van der Waals surface area contributed by atoms with Gasteiger partial charge in [-0.1, -0.05) is 0 Å². The highest BCUT2D eigenvalue weighted by Gasteiger charge is 2.23. The first-order valence-electron chi connectivity index (χ1n) is 9.11. The normalized spacial score (nSPS) is 15.5. The van der Waals surface area contributed by atoms with Gasteiger partial charge in [0.25, 0.3) is 0 Å². The Morgan fingerprint density at radius 1 is 1.38 bits per heavy atom. The molecule has 1 saturated heterocycles. The Bertz CT molecular complexity index is 600. The highest BCUT2D eigenvalue weighted by Crippen LogP contribution is 2.12. The van der Waals surface area contributed by atoms with E-state index in [2.05, 4.69) is 20.6 Å². The molecule has 144 valence electrons. The Morgan fingerprint density at radius 3 is 2.81 bits per heavy atom. The van der Waals surface area contributed by atoms with E-state index in [1.165, 1.54) is 0 Å². The second kappa shape index (κ2) is 10.5. The monoisotopic (exact) mass is 363 g/mol. The number of hydrogen-bond donors (Lipinski definition) is 2. The molecular formula is C18H29N5O3. The molecule has 0 atom stereocenters. The van der Waals surface area contributed by atoms with E-state index < -0.39 is 0 Å². The number of carbonyl (C=O) groups is 1. The van der Waals surface area contributed by atoms with Crippen molar-refractivity contribution in [3.05, 3.63) is 23.9 Å². The van der Waals surface area contributed by atoms with Gasteiger partial charge in [0, 0.05) is 37.9 Å². The maximum absolute atomic E-state index is 11.8. The van der Waals surface area contributed by atoms with E-state index in [9.17, 15) is 4.79 Å². The lowest BCUT2D eigenvalue weighted by molar-refractivity contribution is 0.0963. The van der Waals surface area contributed by atoms with Crippen molar-refractivity contribution in [2.75, 3.05) is 33.4 Å². The number of nitrogens with one attached hydrogen (secondary N) is 2. The fourth-order valence-corrected chi connectivity index (χ4v) is 2.77. The van der Waals surface area contributed by atoms with Crippen LogP contribution in [-0.2, 0) is 11.3 Å². The molecule has 0 aromatic carbocycles. The molecule has 0 saturated carbocycles. The number of aromatic nitrogens is 1. The van der Waals surface area contributed by atoms with Gasteiger partial charge in [-0.3, -0.25) is 0 Å². The van der Waals surface area contributed by atoms with Crippen LogP contribution in [0, 0.1) is 0 Å². The second-order valence-corrected chi connectivity index (χ2v) is 6.01. The minimum Gasteiger partial charge on any atom is -0.481 e. The largest absolute Gasteiger partial charge is 0.481 e. The summed E-state index contributed by atoms with van der Waals surface area (Å²) in [4.78, 5) is 22.3. The summed E-state index contributed by atoms with van der Waals surface area (Å²) >= 11 is 0. The van der Waals surface area contributed by atoms with Crippen LogP contribution in [0.1, 0.15) is 32.3 Å². The first-order chi connectivity index (χ1) is 12.7. The molecule has 0 aliphatic carbocycles. The average Bonchev–Trinajstić information content (AvgIpc) is 2.67. The highest BCUT2D eigenvalue weighted by molar-refractivity contribution is 5.80. The van der Waals surface area contributed by atoms with Crippen LogP contribution in [0.5, 0.6) is 5.88 Å². The topological polar surface area (TPSA) is 88.1 Å². The summed E-state index contributed by atoms with van der Waals surface area (Å²) < 4.78 is 10.2. The number of piperidine rings is 1. The molecule has 0 bridgehead atoms. The van der Waals surface area contributed by atoms with Crippen LogP contribution in [0.25, 0.3) is 0 Å². The van der Waals surface area contributed by atoms with Crippen LogP contribution < -0.4 is 15.4 Å². The lowest BCUT2D eigenvalue weighted by Gasteiger charge is -2.32. The zero-order chi connectivity index (χ0) is 18.8. The lowest BCUT2D eigenvalue weighted by atomic mass is 10.1. The molecule has 1 aromatic heterocycles. The molecule has 2 N–H and O–H groups in total. The van der Waals surface area contributed by atoms with Crippen molar-refractivity contribution in [3.63, 3.8) is 0 Å². The van der Waals surface area contributed by atoms with Crippen LogP contribution in [0.2, 0.25) is 0 Å². The minimum absolute atomic E-state index is 0.224. The zero-order valence-corrected chi connectivity index (χ0v) is 15.8. The van der Waals surface area contributed by atoms with Crippen molar-refractivity contribution in [1.82, 2.24) is 20.5 Å². The number of hydrogen-bond acceptors (Lipinski definition) is 5. The van der Waals surface area contributed by atoms with Crippen LogP contribution in [0.15, 0.2) is 23.3 Å². The minimum atomic E-state index is -0.224. The molecule has 8 nitrogen and oxygen atoms in total. The van der Waals surface area contributed by atoms with Crippen LogP contribution in [0.3, 0.4) is 0 Å². The molecule has 2 heterocycles. The summed E-state index contributed by atoms with van der Waals surface area (Å²) in [5.41, 5.74) is 1.03. The van der Waals surface area contributed by atoms with E-state index in [0.717, 1.165) is 30.9 Å². The number of aliphatic imine (C=N–C) groups is 1. The number of amides is 1. The zero-order valence-electron chi connectivity index (χ0n) is 15.8. The number of pyridine rings is 1. The number of ether oxygens (including phenoxy) is 2. The molecule has 0 radical (unpaired) electrons. The fourth-order valence-electron chi connectivity index (χ4n) is 2.77. The van der Waals surface area contributed by atoms with Crippen molar-refractivity contribution in [1.29, 1.82) is 0 Å². The van der Waals surface area contributed by atoms with Gasteiger partial charge in [0.15, 0.2) is 5.96 Å². The third-order valence-electron chi connectivity index (χ3n) is 4.13. The van der Waals surface area contributed by atoms with Crippen molar-refractivity contribution in [2.24, 2.45) is 4.99 Å². The van der Waals surface area contributed by atoms with E-state index in [0.29, 0.717) is 32.1 Å². The van der Waals surface area contributed by atoms with Crippen molar-refractivity contribution >= 4 is 12.1 Å². The first kappa shape index (κ1) is 19.8. The van der Waals surface area contributed by atoms with Crippen molar-refractivity contribution < 1.29 is 14.3 Å². The SMILES string of the molecule is CCNC(=NCc1ccnc(OC)c1)NC1CCN(C(=O)OCC)CC1. The van der Waals surface area contributed by atoms with Gasteiger partial charge in [-0.2, -0.15) is 0 Å². The molecule has 2 rings (SSSR count). The van der Waals surface area contributed by atoms with Gasteiger partial charge in [-0.15, -0.1) is 0 Å². The molecule has 26 heavy (non-hydrogen) atoms. The maximum atomic E-state index is 11.8. The summed E-state index contributed by atoms with van der Waals surface area (Å²) in [5.74, 6) is 1.36. The summed E-state index contributed by atoms with van der Waals surface area (Å²) in [6.45, 7) is 6.98. The molecule has 8 heteroatoms. The van der Waals surface area contributed by atoms with Crippen LogP contribution >= 0.6 is 0 Å². The molecule has 0 unspecified atom stereocenters. The fraction of sp³-hybridized carbons (Fsp3) is 0.611. The van der Waals surface area contributed by atoms with E-state index >= 15 is 0 Å². The third kappa shape index (κ3) is 6.09. The number of carbonyl (C=O) groups excluding carboxylic acids is 1. The van der Waals surface area contributed by atoms with Gasteiger partial charge in [-0.05, 0) is 38.3 Å². The summed E-state index contributed by atoms with van der Waals surface area (Å²) in [6, 6.07) is 4.09. The lowest BCUT2D eigenvalue weighted by Crippen LogP contribution is -2.49. The van der Waals surface area contributed by atoms with Crippen LogP contribution in [-0.4, -0.2) is 61.3 Å². The van der Waals surface area contributed by atoms with Crippen molar-refractivity contribution in [2.45, 2.75) is 39.3 Å². The highest BCUT2D eigenvalue weighted by atomic mass is 16.6. The van der Waals surface area contributed by atoms with E-state index in [-0.39, 0.29) is 12.1 Å². The quantitative estimate of drug-likeness (QED) is 0.592. The number of rotatable bonds is 6. The van der Waals surface area contributed by atoms with Crippen LogP contribution in [0.4, 0.5) is 4.79 Å². The van der Waals surface area contributed by atoms with Gasteiger partial charge >= 0.3 is 6.09 Å². The Labute approximate surface area is 155 Å².